The second-order valence-electron chi connectivity index (χ2n) is 3.31. The molecule has 0 aliphatic rings. The highest BCUT2D eigenvalue weighted by atomic mass is 32.1. The summed E-state index contributed by atoms with van der Waals surface area (Å²) in [5.41, 5.74) is 4.39. The van der Waals surface area contributed by atoms with Crippen LogP contribution in [-0.2, 0) is 6.54 Å². The first kappa shape index (κ1) is 11.1. The summed E-state index contributed by atoms with van der Waals surface area (Å²) < 4.78 is 9.95. The van der Waals surface area contributed by atoms with E-state index in [9.17, 15) is 0 Å². The van der Waals surface area contributed by atoms with Gasteiger partial charge in [-0.1, -0.05) is 12.1 Å². The molecule has 8 heteroatoms. The van der Waals surface area contributed by atoms with Gasteiger partial charge < -0.3 is 0 Å². The normalized spacial score (nSPS) is 12.9. The number of hydrazine groups is 1. The second-order valence-corrected chi connectivity index (χ2v) is 3.87. The Balaban J connectivity index is 2.30. The molecule has 1 atom stereocenters. The molecule has 0 bridgehead atoms. The minimum absolute atomic E-state index is 0.208. The maximum absolute atomic E-state index is 5.54. The van der Waals surface area contributed by atoms with Gasteiger partial charge in [-0.25, -0.2) is 10.1 Å². The van der Waals surface area contributed by atoms with Gasteiger partial charge in [-0.2, -0.15) is 8.75 Å². The molecule has 86 valence electrons. The topological polar surface area (TPSA) is 94.5 Å². The van der Waals surface area contributed by atoms with Crippen LogP contribution >= 0.6 is 11.7 Å². The fourth-order valence-electron chi connectivity index (χ4n) is 1.50. The van der Waals surface area contributed by atoms with Gasteiger partial charge in [-0.05, 0) is 6.42 Å². The molecule has 0 aliphatic carbocycles. The van der Waals surface area contributed by atoms with Gasteiger partial charge in [0.05, 0.1) is 35.5 Å². The third-order valence-corrected chi connectivity index (χ3v) is 2.71. The van der Waals surface area contributed by atoms with Crippen molar-refractivity contribution in [1.29, 1.82) is 0 Å². The zero-order valence-electron chi connectivity index (χ0n) is 8.87. The van der Waals surface area contributed by atoms with Crippen molar-refractivity contribution in [3.05, 3.63) is 23.8 Å². The number of aryl methyl sites for hydroxylation is 1. The molecule has 0 spiro atoms. The standard InChI is InChI=1S/C8H13N7S/c1-2-3-15-7(5-10-14-15)8(12-9)6-4-11-16-13-6/h4-5,8,12H,2-3,9H2,1H3. The smallest absolute Gasteiger partial charge is 0.109 e. The van der Waals surface area contributed by atoms with Gasteiger partial charge in [0, 0.05) is 6.54 Å². The summed E-state index contributed by atoms with van der Waals surface area (Å²) >= 11 is 1.15. The van der Waals surface area contributed by atoms with E-state index in [1.807, 2.05) is 4.68 Å². The lowest BCUT2D eigenvalue weighted by atomic mass is 10.2. The van der Waals surface area contributed by atoms with Crippen molar-refractivity contribution in [2.24, 2.45) is 5.84 Å². The van der Waals surface area contributed by atoms with Gasteiger partial charge in [0.2, 0.25) is 0 Å². The first-order valence-electron chi connectivity index (χ1n) is 4.98. The van der Waals surface area contributed by atoms with Crippen LogP contribution in [0.15, 0.2) is 12.4 Å². The molecule has 0 fully saturated rings. The molecule has 2 aromatic rings. The summed E-state index contributed by atoms with van der Waals surface area (Å²) in [4.78, 5) is 0. The van der Waals surface area contributed by atoms with E-state index in [1.54, 1.807) is 12.4 Å². The molecule has 0 aromatic carbocycles. The van der Waals surface area contributed by atoms with Crippen LogP contribution in [-0.4, -0.2) is 23.7 Å². The van der Waals surface area contributed by atoms with Crippen molar-refractivity contribution >= 4 is 11.7 Å². The first-order chi connectivity index (χ1) is 7.86. The summed E-state index contributed by atoms with van der Waals surface area (Å²) in [6.07, 6.45) is 4.38. The molecule has 16 heavy (non-hydrogen) atoms. The van der Waals surface area contributed by atoms with Crippen LogP contribution in [0.3, 0.4) is 0 Å². The summed E-state index contributed by atoms with van der Waals surface area (Å²) in [6, 6.07) is -0.208. The predicted octanol–water partition coefficient (Wildman–Crippen LogP) is 0.0923. The monoisotopic (exact) mass is 239 g/mol. The van der Waals surface area contributed by atoms with E-state index in [1.165, 1.54) is 0 Å². The summed E-state index contributed by atoms with van der Waals surface area (Å²) in [6.45, 7) is 2.89. The molecule has 2 aromatic heterocycles. The molecule has 3 N–H and O–H groups in total. The van der Waals surface area contributed by atoms with Crippen molar-refractivity contribution in [3.8, 4) is 0 Å². The highest BCUT2D eigenvalue weighted by molar-refractivity contribution is 6.99. The Kier molecular flexibility index (Phi) is 3.54. The summed E-state index contributed by atoms with van der Waals surface area (Å²) in [7, 11) is 0. The van der Waals surface area contributed by atoms with E-state index < -0.39 is 0 Å². The Bertz CT molecular complexity index is 423. The number of hydrogen-bond acceptors (Lipinski definition) is 7. The van der Waals surface area contributed by atoms with E-state index in [4.69, 9.17) is 5.84 Å². The minimum Gasteiger partial charge on any atom is -0.270 e. The number of nitrogens with one attached hydrogen (secondary N) is 1. The first-order valence-corrected chi connectivity index (χ1v) is 5.71. The van der Waals surface area contributed by atoms with Crippen LogP contribution in [0.5, 0.6) is 0 Å². The van der Waals surface area contributed by atoms with E-state index >= 15 is 0 Å². The number of aromatic nitrogens is 5. The zero-order valence-corrected chi connectivity index (χ0v) is 9.68. The second kappa shape index (κ2) is 5.10. The Labute approximate surface area is 97.0 Å². The Morgan fingerprint density at radius 1 is 1.56 bits per heavy atom. The minimum atomic E-state index is -0.208. The van der Waals surface area contributed by atoms with Crippen LogP contribution in [0.1, 0.15) is 30.8 Å². The van der Waals surface area contributed by atoms with Crippen LogP contribution in [0.25, 0.3) is 0 Å². The summed E-state index contributed by atoms with van der Waals surface area (Å²) in [5, 5.41) is 7.90. The van der Waals surface area contributed by atoms with Crippen molar-refractivity contribution in [2.45, 2.75) is 25.9 Å². The van der Waals surface area contributed by atoms with Crippen molar-refractivity contribution in [1.82, 2.24) is 29.2 Å². The molecule has 0 aliphatic heterocycles. The fraction of sp³-hybridized carbons (Fsp3) is 0.500. The molecule has 0 radical (unpaired) electrons. The molecule has 0 saturated carbocycles. The SMILES string of the molecule is CCCn1nncc1C(NN)c1cnsn1. The lowest BCUT2D eigenvalue weighted by molar-refractivity contribution is 0.508. The van der Waals surface area contributed by atoms with Crippen molar-refractivity contribution < 1.29 is 0 Å². The quantitative estimate of drug-likeness (QED) is 0.567. The fourth-order valence-corrected chi connectivity index (χ4v) is 1.95. The number of nitrogens with zero attached hydrogens (tertiary/aromatic N) is 5. The number of nitrogens with two attached hydrogens (primary N) is 1. The van der Waals surface area contributed by atoms with Gasteiger partial charge in [0.15, 0.2) is 0 Å². The van der Waals surface area contributed by atoms with Gasteiger partial charge in [-0.15, -0.1) is 5.10 Å². The van der Waals surface area contributed by atoms with Crippen LogP contribution < -0.4 is 11.3 Å². The van der Waals surface area contributed by atoms with Crippen LogP contribution in [0.4, 0.5) is 0 Å². The third-order valence-electron chi connectivity index (χ3n) is 2.22. The van der Waals surface area contributed by atoms with Gasteiger partial charge in [-0.3, -0.25) is 5.84 Å². The molecule has 1 unspecified atom stereocenters. The predicted molar refractivity (Wildman–Crippen MR) is 59.4 cm³/mol. The molecule has 7 nitrogen and oxygen atoms in total. The Hall–Kier alpha value is -1.38. The van der Waals surface area contributed by atoms with E-state index in [0.717, 1.165) is 36.1 Å². The van der Waals surface area contributed by atoms with Gasteiger partial charge in [0.1, 0.15) is 6.04 Å². The third kappa shape index (κ3) is 2.08. The highest BCUT2D eigenvalue weighted by Gasteiger charge is 2.19. The van der Waals surface area contributed by atoms with Crippen LogP contribution in [0, 0.1) is 0 Å². The average Bonchev–Trinajstić information content (AvgIpc) is 2.92. The molecule has 2 rings (SSSR count). The lowest BCUT2D eigenvalue weighted by Crippen LogP contribution is -2.31. The van der Waals surface area contributed by atoms with E-state index in [2.05, 4.69) is 31.4 Å². The van der Waals surface area contributed by atoms with Gasteiger partial charge in [0.25, 0.3) is 0 Å². The molecule has 0 amide bonds. The maximum Gasteiger partial charge on any atom is 0.109 e. The molecule has 0 saturated heterocycles. The zero-order chi connectivity index (χ0) is 11.4. The number of hydrogen-bond donors (Lipinski definition) is 2. The molecule has 2 heterocycles. The Morgan fingerprint density at radius 3 is 3.06 bits per heavy atom. The Morgan fingerprint density at radius 2 is 2.44 bits per heavy atom. The largest absolute Gasteiger partial charge is 0.270 e. The van der Waals surface area contributed by atoms with Crippen molar-refractivity contribution in [3.63, 3.8) is 0 Å². The van der Waals surface area contributed by atoms with Crippen LogP contribution in [0.2, 0.25) is 0 Å². The number of rotatable bonds is 5. The van der Waals surface area contributed by atoms with E-state index in [0.29, 0.717) is 0 Å². The molecular formula is C8H13N7S. The van der Waals surface area contributed by atoms with E-state index in [-0.39, 0.29) is 6.04 Å². The maximum atomic E-state index is 5.54. The summed E-state index contributed by atoms with van der Waals surface area (Å²) in [5.74, 6) is 5.54. The van der Waals surface area contributed by atoms with Crippen molar-refractivity contribution in [2.75, 3.05) is 0 Å². The lowest BCUT2D eigenvalue weighted by Gasteiger charge is -2.13. The van der Waals surface area contributed by atoms with Gasteiger partial charge >= 0.3 is 0 Å². The highest BCUT2D eigenvalue weighted by Crippen LogP contribution is 2.18. The molecular weight excluding hydrogens is 226 g/mol. The average molecular weight is 239 g/mol.